The number of ether oxygens (including phenoxy) is 1. The van der Waals surface area contributed by atoms with E-state index in [9.17, 15) is 4.79 Å². The van der Waals surface area contributed by atoms with Crippen LogP contribution in [0.25, 0.3) is 11.0 Å². The minimum atomic E-state index is -0.129. The highest BCUT2D eigenvalue weighted by Crippen LogP contribution is 2.20. The molecule has 1 unspecified atom stereocenters. The summed E-state index contributed by atoms with van der Waals surface area (Å²) in [5.41, 5.74) is 2.01. The van der Waals surface area contributed by atoms with E-state index in [2.05, 4.69) is 15.2 Å². The molecular formula is C19H22N4O2S. The van der Waals surface area contributed by atoms with Crippen LogP contribution >= 0.6 is 11.3 Å². The Morgan fingerprint density at radius 3 is 2.85 bits per heavy atom. The van der Waals surface area contributed by atoms with Crippen molar-refractivity contribution < 1.29 is 9.53 Å². The van der Waals surface area contributed by atoms with Crippen molar-refractivity contribution >= 4 is 28.3 Å². The molecule has 0 aliphatic heterocycles. The number of methoxy groups -OCH3 is 1. The van der Waals surface area contributed by atoms with Crippen molar-refractivity contribution in [1.82, 2.24) is 19.6 Å². The van der Waals surface area contributed by atoms with Gasteiger partial charge in [-0.05, 0) is 37.9 Å². The van der Waals surface area contributed by atoms with E-state index in [1.807, 2.05) is 54.3 Å². The Morgan fingerprint density at radius 1 is 1.38 bits per heavy atom. The monoisotopic (exact) mass is 370 g/mol. The lowest BCUT2D eigenvalue weighted by Crippen LogP contribution is -2.33. The van der Waals surface area contributed by atoms with Crippen LogP contribution < -0.4 is 10.1 Å². The molecule has 1 amide bonds. The molecule has 0 aliphatic rings. The fraction of sp³-hybridized carbons (Fsp3) is 0.263. The number of carbonyl (C=O) groups excluding carboxylic acids is 1. The lowest BCUT2D eigenvalue weighted by Gasteiger charge is -2.25. The van der Waals surface area contributed by atoms with Crippen LogP contribution in [0.2, 0.25) is 0 Å². The maximum absolute atomic E-state index is 12.2. The maximum atomic E-state index is 12.2. The molecule has 7 heteroatoms. The van der Waals surface area contributed by atoms with Gasteiger partial charge in [0.2, 0.25) is 5.91 Å². The highest BCUT2D eigenvalue weighted by molar-refractivity contribution is 7.15. The molecule has 1 N–H and O–H groups in total. The number of carbonyl (C=O) groups is 1. The van der Waals surface area contributed by atoms with Gasteiger partial charge in [-0.15, -0.1) is 11.3 Å². The average Bonchev–Trinajstić information content (AvgIpc) is 3.24. The Labute approximate surface area is 156 Å². The Bertz CT molecular complexity index is 896. The third-order valence-corrected chi connectivity index (χ3v) is 4.94. The Hall–Kier alpha value is -2.64. The number of thiazole rings is 1. The summed E-state index contributed by atoms with van der Waals surface area (Å²) in [6.07, 6.45) is 7.02. The van der Waals surface area contributed by atoms with Crippen LogP contribution in [0.1, 0.15) is 17.3 Å². The summed E-state index contributed by atoms with van der Waals surface area (Å²) in [6.45, 7) is 0.517. The van der Waals surface area contributed by atoms with Gasteiger partial charge in [0.1, 0.15) is 5.75 Å². The van der Waals surface area contributed by atoms with Crippen LogP contribution in [-0.2, 0) is 4.79 Å². The predicted octanol–water partition coefficient (Wildman–Crippen LogP) is 2.84. The van der Waals surface area contributed by atoms with Crippen LogP contribution in [0.4, 0.5) is 0 Å². The highest BCUT2D eigenvalue weighted by Gasteiger charge is 2.14. The molecule has 3 rings (SSSR count). The predicted molar refractivity (Wildman–Crippen MR) is 105 cm³/mol. The summed E-state index contributed by atoms with van der Waals surface area (Å²) in [5.74, 6) is 0.689. The van der Waals surface area contributed by atoms with Crippen LogP contribution in [-0.4, -0.2) is 47.9 Å². The largest absolute Gasteiger partial charge is 0.497 e. The van der Waals surface area contributed by atoms with E-state index in [1.165, 1.54) is 0 Å². The first-order valence-electron chi connectivity index (χ1n) is 8.25. The number of amides is 1. The van der Waals surface area contributed by atoms with E-state index in [4.69, 9.17) is 4.74 Å². The van der Waals surface area contributed by atoms with E-state index in [0.29, 0.717) is 6.54 Å². The molecule has 0 radical (unpaired) electrons. The molecule has 26 heavy (non-hydrogen) atoms. The molecule has 0 aliphatic carbocycles. The third kappa shape index (κ3) is 4.12. The molecule has 2 heterocycles. The summed E-state index contributed by atoms with van der Waals surface area (Å²) in [7, 11) is 5.64. The Morgan fingerprint density at radius 2 is 2.15 bits per heavy atom. The minimum Gasteiger partial charge on any atom is -0.497 e. The number of nitrogens with one attached hydrogen (secondary N) is 1. The topological polar surface area (TPSA) is 58.9 Å². The number of aromatic nitrogens is 2. The fourth-order valence-electron chi connectivity index (χ4n) is 2.71. The molecule has 0 spiro atoms. The van der Waals surface area contributed by atoms with Gasteiger partial charge in [0.15, 0.2) is 4.96 Å². The Balaban J connectivity index is 1.62. The van der Waals surface area contributed by atoms with Crippen LogP contribution in [0.5, 0.6) is 5.75 Å². The second-order valence-corrected chi connectivity index (χ2v) is 6.94. The molecule has 1 atom stereocenters. The van der Waals surface area contributed by atoms with Gasteiger partial charge in [-0.1, -0.05) is 12.1 Å². The summed E-state index contributed by atoms with van der Waals surface area (Å²) >= 11 is 1.56. The number of benzene rings is 1. The van der Waals surface area contributed by atoms with Gasteiger partial charge in [-0.25, -0.2) is 4.98 Å². The van der Waals surface area contributed by atoms with E-state index < -0.39 is 0 Å². The van der Waals surface area contributed by atoms with Gasteiger partial charge >= 0.3 is 0 Å². The molecule has 0 saturated heterocycles. The van der Waals surface area contributed by atoms with Gasteiger partial charge in [0.05, 0.1) is 25.0 Å². The lowest BCUT2D eigenvalue weighted by atomic mass is 10.1. The van der Waals surface area contributed by atoms with Crippen LogP contribution in [0.15, 0.2) is 48.1 Å². The van der Waals surface area contributed by atoms with Gasteiger partial charge in [-0.3, -0.25) is 9.20 Å². The minimum absolute atomic E-state index is 0.0804. The Kier molecular flexibility index (Phi) is 5.70. The molecule has 1 aromatic carbocycles. The standard InChI is InChI=1S/C19H22N4O2S/c1-22(2)17(14-4-7-16(25-3)8-5-14)13-20-18(24)9-6-15-12-21-19-23(15)10-11-26-19/h4-12,17H,13H2,1-3H3,(H,20,24)/b9-6+. The van der Waals surface area contributed by atoms with Crippen molar-refractivity contribution in [2.24, 2.45) is 0 Å². The van der Waals surface area contributed by atoms with Crippen molar-refractivity contribution in [2.45, 2.75) is 6.04 Å². The van der Waals surface area contributed by atoms with Crippen molar-refractivity contribution in [1.29, 1.82) is 0 Å². The van der Waals surface area contributed by atoms with Gasteiger partial charge in [0.25, 0.3) is 0 Å². The second-order valence-electron chi connectivity index (χ2n) is 6.07. The van der Waals surface area contributed by atoms with Crippen LogP contribution in [0.3, 0.4) is 0 Å². The smallest absolute Gasteiger partial charge is 0.244 e. The first-order chi connectivity index (χ1) is 12.6. The zero-order valence-electron chi connectivity index (χ0n) is 15.0. The summed E-state index contributed by atoms with van der Waals surface area (Å²) in [4.78, 5) is 19.5. The molecule has 0 saturated carbocycles. The fourth-order valence-corrected chi connectivity index (χ4v) is 3.41. The number of nitrogens with zero attached hydrogens (tertiary/aromatic N) is 3. The number of likely N-dealkylation sites (N-methyl/N-ethyl adjacent to an activating group) is 1. The molecule has 2 aromatic heterocycles. The number of fused-ring (bicyclic) bond motifs is 1. The molecular weight excluding hydrogens is 348 g/mol. The molecule has 0 bridgehead atoms. The normalized spacial score (nSPS) is 12.8. The van der Waals surface area contributed by atoms with Crippen molar-refractivity contribution in [3.05, 3.63) is 59.4 Å². The second kappa shape index (κ2) is 8.16. The third-order valence-electron chi connectivity index (χ3n) is 4.17. The number of imidazole rings is 1. The van der Waals surface area contributed by atoms with Gasteiger partial charge < -0.3 is 15.0 Å². The zero-order chi connectivity index (χ0) is 18.5. The lowest BCUT2D eigenvalue weighted by molar-refractivity contribution is -0.116. The molecule has 136 valence electrons. The number of rotatable bonds is 7. The van der Waals surface area contributed by atoms with Crippen LogP contribution in [0, 0.1) is 0 Å². The first-order valence-corrected chi connectivity index (χ1v) is 9.13. The number of hydrogen-bond donors (Lipinski definition) is 1. The summed E-state index contributed by atoms with van der Waals surface area (Å²) < 4.78 is 7.15. The maximum Gasteiger partial charge on any atom is 0.244 e. The van der Waals surface area contributed by atoms with Gasteiger partial charge in [0, 0.05) is 24.2 Å². The van der Waals surface area contributed by atoms with Gasteiger partial charge in [-0.2, -0.15) is 0 Å². The van der Waals surface area contributed by atoms with Crippen molar-refractivity contribution in [2.75, 3.05) is 27.7 Å². The van der Waals surface area contributed by atoms with E-state index in [0.717, 1.165) is 22.0 Å². The van der Waals surface area contributed by atoms with Crippen molar-refractivity contribution in [3.63, 3.8) is 0 Å². The summed E-state index contributed by atoms with van der Waals surface area (Å²) in [5, 5.41) is 4.94. The van der Waals surface area contributed by atoms with E-state index in [1.54, 1.807) is 36.8 Å². The highest BCUT2D eigenvalue weighted by atomic mass is 32.1. The first kappa shape index (κ1) is 18.2. The SMILES string of the molecule is COc1ccc(C(CNC(=O)/C=C/c2cnc3sccn23)N(C)C)cc1. The van der Waals surface area contributed by atoms with E-state index in [-0.39, 0.29) is 11.9 Å². The molecule has 0 fully saturated rings. The molecule has 6 nitrogen and oxygen atoms in total. The molecule has 3 aromatic rings. The average molecular weight is 370 g/mol. The van der Waals surface area contributed by atoms with E-state index >= 15 is 0 Å². The van der Waals surface area contributed by atoms with Crippen molar-refractivity contribution in [3.8, 4) is 5.75 Å². The summed E-state index contributed by atoms with van der Waals surface area (Å²) in [6, 6.07) is 7.98. The zero-order valence-corrected chi connectivity index (χ0v) is 15.9. The quantitative estimate of drug-likeness (QED) is 0.650. The number of hydrogen-bond acceptors (Lipinski definition) is 5.